The molecule has 2 unspecified atom stereocenters. The van der Waals surface area contributed by atoms with Crippen LogP contribution in [0.15, 0.2) is 45.8 Å². The molecule has 0 radical (unpaired) electrons. The molecule has 9 heteroatoms. The predicted molar refractivity (Wildman–Crippen MR) is 151 cm³/mol. The third-order valence-corrected chi connectivity index (χ3v) is 11.9. The van der Waals surface area contributed by atoms with Crippen molar-refractivity contribution >= 4 is 11.9 Å². The smallest absolute Gasteiger partial charge is 0.333 e. The highest BCUT2D eigenvalue weighted by atomic mass is 16.6. The summed E-state index contributed by atoms with van der Waals surface area (Å²) in [6.45, 7) is 13.5. The number of aliphatic hydroxyl groups is 2. The molecule has 2 saturated carbocycles. The van der Waals surface area contributed by atoms with E-state index in [4.69, 9.17) is 23.4 Å². The fourth-order valence-electron chi connectivity index (χ4n) is 9.91. The van der Waals surface area contributed by atoms with Crippen LogP contribution in [0, 0.1) is 28.1 Å². The molecule has 9 nitrogen and oxygen atoms in total. The monoisotopic (exact) mass is 584 g/mol. The normalized spacial score (nSPS) is 46.4. The second kappa shape index (κ2) is 10.0. The van der Waals surface area contributed by atoms with Crippen molar-refractivity contribution in [1.29, 1.82) is 0 Å². The standard InChI is InChI=1S/C33H44O9/c1-8-16(2)30(37)42-29-27-28-31(5,15-39-27)24(40-18(4)34)13-23(35)32(28,6)22-12-25(36)41-21-11-20(19-9-10-38-14-19)17(3)26(21)33(22,29)7/h8-10,14,20-25,27-29,35-36H,11-13,15H2,1-7H3/b16-8+/t20-,21?,22?,23+,24-,25-,27-,28+,29-,31-,32+,33-/m1/s1. The van der Waals surface area contributed by atoms with Crippen molar-refractivity contribution in [1.82, 2.24) is 0 Å². The third-order valence-electron chi connectivity index (χ3n) is 11.9. The van der Waals surface area contributed by atoms with Crippen molar-refractivity contribution in [2.45, 2.75) is 110 Å². The molecule has 3 aliphatic carbocycles. The fourth-order valence-corrected chi connectivity index (χ4v) is 9.91. The summed E-state index contributed by atoms with van der Waals surface area (Å²) in [6.07, 6.45) is 2.01. The fraction of sp³-hybridized carbons (Fsp3) is 0.697. The van der Waals surface area contributed by atoms with Gasteiger partial charge in [0.2, 0.25) is 0 Å². The highest BCUT2D eigenvalue weighted by Crippen LogP contribution is 2.72. The minimum Gasteiger partial charge on any atom is -0.472 e. The van der Waals surface area contributed by atoms with Gasteiger partial charge in [-0.3, -0.25) is 4.79 Å². The Morgan fingerprint density at radius 2 is 1.83 bits per heavy atom. The molecule has 0 bridgehead atoms. The molecule has 1 aromatic rings. The van der Waals surface area contributed by atoms with Gasteiger partial charge in [0, 0.05) is 53.4 Å². The minimum absolute atomic E-state index is 0.00469. The third kappa shape index (κ3) is 3.96. The average Bonchev–Trinajstić information content (AvgIpc) is 3.64. The number of aliphatic hydroxyl groups excluding tert-OH is 2. The molecule has 42 heavy (non-hydrogen) atoms. The largest absolute Gasteiger partial charge is 0.472 e. The van der Waals surface area contributed by atoms with Crippen molar-refractivity contribution in [3.05, 3.63) is 47.0 Å². The zero-order chi connectivity index (χ0) is 30.4. The molecule has 1 aromatic heterocycles. The van der Waals surface area contributed by atoms with Gasteiger partial charge < -0.3 is 33.6 Å². The lowest BCUT2D eigenvalue weighted by atomic mass is 9.39. The maximum atomic E-state index is 13.5. The molecule has 12 atom stereocenters. The minimum atomic E-state index is -1.08. The number of ether oxygens (including phenoxy) is 4. The lowest BCUT2D eigenvalue weighted by Gasteiger charge is -2.66. The highest BCUT2D eigenvalue weighted by molar-refractivity contribution is 5.87. The Labute approximate surface area is 247 Å². The van der Waals surface area contributed by atoms with Gasteiger partial charge in [0.25, 0.3) is 0 Å². The van der Waals surface area contributed by atoms with Gasteiger partial charge >= 0.3 is 11.9 Å². The number of furan rings is 1. The molecule has 0 spiro atoms. The Bertz CT molecular complexity index is 1310. The predicted octanol–water partition coefficient (Wildman–Crippen LogP) is 4.43. The molecule has 4 fully saturated rings. The molecule has 0 aromatic carbocycles. The van der Waals surface area contributed by atoms with Gasteiger partial charge in [-0.15, -0.1) is 0 Å². The summed E-state index contributed by atoms with van der Waals surface area (Å²) < 4.78 is 30.8. The van der Waals surface area contributed by atoms with Gasteiger partial charge in [0.1, 0.15) is 12.2 Å². The van der Waals surface area contributed by atoms with E-state index in [2.05, 4.69) is 27.7 Å². The van der Waals surface area contributed by atoms with Crippen LogP contribution >= 0.6 is 0 Å². The van der Waals surface area contributed by atoms with Crippen LogP contribution in [0.3, 0.4) is 0 Å². The van der Waals surface area contributed by atoms with Gasteiger partial charge in [-0.1, -0.05) is 32.4 Å². The summed E-state index contributed by atoms with van der Waals surface area (Å²) in [5.74, 6) is -1.51. The van der Waals surface area contributed by atoms with Crippen molar-refractivity contribution < 1.29 is 43.2 Å². The van der Waals surface area contributed by atoms with Crippen LogP contribution in [0.2, 0.25) is 0 Å². The van der Waals surface area contributed by atoms with E-state index in [1.165, 1.54) is 6.92 Å². The van der Waals surface area contributed by atoms with Gasteiger partial charge in [-0.25, -0.2) is 4.79 Å². The van der Waals surface area contributed by atoms with E-state index in [9.17, 15) is 19.8 Å². The van der Waals surface area contributed by atoms with E-state index in [0.29, 0.717) is 18.6 Å². The Hall–Kier alpha value is -2.46. The Kier molecular flexibility index (Phi) is 7.08. The van der Waals surface area contributed by atoms with E-state index in [0.717, 1.165) is 16.7 Å². The van der Waals surface area contributed by atoms with Crippen LogP contribution in [-0.2, 0) is 28.5 Å². The van der Waals surface area contributed by atoms with Crippen molar-refractivity contribution in [3.8, 4) is 0 Å². The SMILES string of the molecule is C/C=C(\C)C(=O)O[C@@H]1[C@@H]2OC[C@]3(C)[C@H](OC(C)=O)C[C@H](O)[C@](C)(C4C[C@H](O)OC5C[C@@H](c6ccoc6)C(C)=C5[C@@]41C)[C@@H]23. The van der Waals surface area contributed by atoms with Crippen molar-refractivity contribution in [2.24, 2.45) is 28.1 Å². The number of hydrogen-bond donors (Lipinski definition) is 2. The number of hydrogen-bond acceptors (Lipinski definition) is 9. The Morgan fingerprint density at radius 3 is 2.48 bits per heavy atom. The summed E-state index contributed by atoms with van der Waals surface area (Å²) in [5.41, 5.74) is 1.35. The molecule has 5 aliphatic rings. The summed E-state index contributed by atoms with van der Waals surface area (Å²) in [7, 11) is 0. The number of carbonyl (C=O) groups excluding carboxylic acids is 2. The first-order valence-corrected chi connectivity index (χ1v) is 15.2. The van der Waals surface area contributed by atoms with Crippen molar-refractivity contribution in [3.63, 3.8) is 0 Å². The van der Waals surface area contributed by atoms with Crippen molar-refractivity contribution in [2.75, 3.05) is 6.61 Å². The van der Waals surface area contributed by atoms with E-state index >= 15 is 0 Å². The first-order chi connectivity index (χ1) is 19.8. The first kappa shape index (κ1) is 29.6. The quantitative estimate of drug-likeness (QED) is 0.300. The Balaban J connectivity index is 1.58. The van der Waals surface area contributed by atoms with Gasteiger partial charge in [-0.2, -0.15) is 0 Å². The van der Waals surface area contributed by atoms with Crippen LogP contribution in [0.5, 0.6) is 0 Å². The second-order valence-corrected chi connectivity index (χ2v) is 13.9. The molecule has 2 N–H and O–H groups in total. The molecular weight excluding hydrogens is 540 g/mol. The number of esters is 2. The van der Waals surface area contributed by atoms with Crippen LogP contribution in [-0.4, -0.2) is 65.6 Å². The average molecular weight is 585 g/mol. The lowest BCUT2D eigenvalue weighted by molar-refractivity contribution is -0.258. The molecule has 0 amide bonds. The zero-order valence-electron chi connectivity index (χ0n) is 25.6. The molecular formula is C33H44O9. The zero-order valence-corrected chi connectivity index (χ0v) is 25.6. The number of rotatable bonds is 4. The maximum absolute atomic E-state index is 13.5. The number of fused-ring (bicyclic) bond motifs is 4. The van der Waals surface area contributed by atoms with E-state index in [1.54, 1.807) is 32.4 Å². The first-order valence-electron chi connectivity index (χ1n) is 15.2. The van der Waals surface area contributed by atoms with E-state index < -0.39 is 65.0 Å². The van der Waals surface area contributed by atoms with Crippen LogP contribution < -0.4 is 0 Å². The number of allylic oxidation sites excluding steroid dienone is 2. The van der Waals surface area contributed by atoms with Gasteiger partial charge in [-0.05, 0) is 50.3 Å². The molecule has 2 aliphatic heterocycles. The van der Waals surface area contributed by atoms with Gasteiger partial charge in [0.05, 0.1) is 37.4 Å². The summed E-state index contributed by atoms with van der Waals surface area (Å²) in [6, 6.07) is 1.95. The Morgan fingerprint density at radius 1 is 1.10 bits per heavy atom. The molecule has 2 saturated heterocycles. The van der Waals surface area contributed by atoms with Crippen LogP contribution in [0.4, 0.5) is 0 Å². The second-order valence-electron chi connectivity index (χ2n) is 13.9. The highest BCUT2D eigenvalue weighted by Gasteiger charge is 2.77. The lowest BCUT2D eigenvalue weighted by Crippen LogP contribution is -2.72. The van der Waals surface area contributed by atoms with Crippen LogP contribution in [0.25, 0.3) is 0 Å². The molecule has 230 valence electrons. The van der Waals surface area contributed by atoms with E-state index in [-0.39, 0.29) is 30.6 Å². The summed E-state index contributed by atoms with van der Waals surface area (Å²) >= 11 is 0. The van der Waals surface area contributed by atoms with Gasteiger partial charge in [0.15, 0.2) is 6.29 Å². The van der Waals surface area contributed by atoms with Crippen LogP contribution in [0.1, 0.15) is 79.2 Å². The maximum Gasteiger partial charge on any atom is 0.333 e. The summed E-state index contributed by atoms with van der Waals surface area (Å²) in [5, 5.41) is 23.4. The molecule has 3 heterocycles. The number of carbonyl (C=O) groups is 2. The summed E-state index contributed by atoms with van der Waals surface area (Å²) in [4.78, 5) is 25.7. The topological polar surface area (TPSA) is 125 Å². The van der Waals surface area contributed by atoms with E-state index in [1.807, 2.05) is 6.07 Å². The molecule has 6 rings (SSSR count).